The number of nitrogens with zero attached hydrogens (tertiary/aromatic N) is 1. The van der Waals surface area contributed by atoms with Crippen molar-refractivity contribution in [3.05, 3.63) is 29.3 Å². The van der Waals surface area contributed by atoms with Crippen LogP contribution in [0.4, 0.5) is 18.9 Å². The Bertz CT molecular complexity index is 523. The Hall–Kier alpha value is -1.55. The zero-order valence-corrected chi connectivity index (χ0v) is 11.2. The van der Waals surface area contributed by atoms with Crippen molar-refractivity contribution in [2.45, 2.75) is 19.1 Å². The van der Waals surface area contributed by atoms with Gasteiger partial charge in [-0.3, -0.25) is 4.21 Å². The van der Waals surface area contributed by atoms with Gasteiger partial charge in [-0.1, -0.05) is 0 Å². The lowest BCUT2D eigenvalue weighted by Crippen LogP contribution is -2.22. The van der Waals surface area contributed by atoms with Gasteiger partial charge in [0, 0.05) is 34.5 Å². The van der Waals surface area contributed by atoms with Crippen LogP contribution in [-0.2, 0) is 17.0 Å². The fourth-order valence-corrected chi connectivity index (χ4v) is 2.44. The topological polar surface area (TPSA) is 52.9 Å². The van der Waals surface area contributed by atoms with E-state index >= 15 is 0 Å². The molecule has 0 spiro atoms. The largest absolute Gasteiger partial charge is 0.417 e. The minimum atomic E-state index is -4.54. The second-order valence-corrected chi connectivity index (χ2v) is 5.63. The van der Waals surface area contributed by atoms with Gasteiger partial charge in [0.2, 0.25) is 0 Å². The van der Waals surface area contributed by atoms with Gasteiger partial charge in [0.15, 0.2) is 0 Å². The molecular weight excluding hydrogens is 277 g/mol. The fourth-order valence-electron chi connectivity index (χ4n) is 1.65. The average molecular weight is 290 g/mol. The number of hydrogen-bond acceptors (Lipinski definition) is 3. The second kappa shape index (κ2) is 6.06. The van der Waals surface area contributed by atoms with Crippen molar-refractivity contribution in [2.75, 3.05) is 17.3 Å². The summed E-state index contributed by atoms with van der Waals surface area (Å²) >= 11 is 0. The van der Waals surface area contributed by atoms with Crippen molar-refractivity contribution in [1.82, 2.24) is 0 Å². The van der Waals surface area contributed by atoms with Crippen LogP contribution >= 0.6 is 0 Å². The second-order valence-electron chi connectivity index (χ2n) is 4.16. The monoisotopic (exact) mass is 290 g/mol. The van der Waals surface area contributed by atoms with Gasteiger partial charge in [0.05, 0.1) is 17.2 Å². The van der Waals surface area contributed by atoms with Gasteiger partial charge in [0.25, 0.3) is 0 Å². The van der Waals surface area contributed by atoms with Crippen LogP contribution in [0.2, 0.25) is 0 Å². The molecule has 1 N–H and O–H groups in total. The van der Waals surface area contributed by atoms with Gasteiger partial charge in [-0.15, -0.1) is 0 Å². The van der Waals surface area contributed by atoms with Crippen LogP contribution in [0.5, 0.6) is 0 Å². The van der Waals surface area contributed by atoms with E-state index in [4.69, 9.17) is 5.26 Å². The number of alkyl halides is 3. The van der Waals surface area contributed by atoms with E-state index in [1.165, 1.54) is 12.1 Å². The molecule has 0 heterocycles. The Morgan fingerprint density at radius 2 is 2.11 bits per heavy atom. The third-order valence-electron chi connectivity index (χ3n) is 2.34. The molecule has 0 aliphatic rings. The minimum absolute atomic E-state index is 0.158. The molecule has 0 fully saturated rings. The summed E-state index contributed by atoms with van der Waals surface area (Å²) in [4.78, 5) is 0. The zero-order valence-electron chi connectivity index (χ0n) is 10.4. The lowest BCUT2D eigenvalue weighted by Gasteiger charge is -2.15. The summed E-state index contributed by atoms with van der Waals surface area (Å²) < 4.78 is 48.8. The van der Waals surface area contributed by atoms with Crippen molar-refractivity contribution in [3.63, 3.8) is 0 Å². The highest BCUT2D eigenvalue weighted by Gasteiger charge is 2.33. The van der Waals surface area contributed by atoms with Crippen molar-refractivity contribution in [2.24, 2.45) is 0 Å². The molecule has 0 aromatic heterocycles. The number of anilines is 1. The van der Waals surface area contributed by atoms with Gasteiger partial charge in [-0.25, -0.2) is 0 Å². The predicted octanol–water partition coefficient (Wildman–Crippen LogP) is 2.76. The highest BCUT2D eigenvalue weighted by atomic mass is 32.2. The van der Waals surface area contributed by atoms with Crippen LogP contribution < -0.4 is 5.32 Å². The standard InChI is InChI=1S/C12H13F3N2OS/c1-8(7-19(2)18)17-10-3-4-11(12(13,14)15)9(5-10)6-16/h3-5,8,17H,7H2,1-2H3/t8-,19+/m1/s1. The number of benzene rings is 1. The molecule has 0 saturated carbocycles. The number of nitriles is 1. The van der Waals surface area contributed by atoms with E-state index in [0.717, 1.165) is 12.1 Å². The summed E-state index contributed by atoms with van der Waals surface area (Å²) in [6, 6.07) is 4.66. The molecule has 0 aliphatic heterocycles. The van der Waals surface area contributed by atoms with Crippen molar-refractivity contribution < 1.29 is 17.4 Å². The molecule has 104 valence electrons. The summed E-state index contributed by atoms with van der Waals surface area (Å²) in [6.07, 6.45) is -2.99. The third kappa shape index (κ3) is 4.56. The highest BCUT2D eigenvalue weighted by molar-refractivity contribution is 7.84. The first-order valence-corrected chi connectivity index (χ1v) is 7.14. The predicted molar refractivity (Wildman–Crippen MR) is 68.2 cm³/mol. The maximum absolute atomic E-state index is 12.6. The summed E-state index contributed by atoms with van der Waals surface area (Å²) in [6.45, 7) is 1.77. The molecule has 1 aromatic rings. The van der Waals surface area contributed by atoms with E-state index < -0.39 is 28.1 Å². The Morgan fingerprint density at radius 1 is 1.47 bits per heavy atom. The first-order valence-electron chi connectivity index (χ1n) is 5.42. The molecule has 0 aliphatic carbocycles. The third-order valence-corrected chi connectivity index (χ3v) is 3.31. The van der Waals surface area contributed by atoms with E-state index in [2.05, 4.69) is 5.32 Å². The van der Waals surface area contributed by atoms with E-state index in [9.17, 15) is 17.4 Å². The Kier molecular flexibility index (Phi) is 4.95. The first kappa shape index (κ1) is 15.5. The SMILES string of the molecule is C[C@H](C[S@](C)=O)Nc1ccc(C(F)(F)F)c(C#N)c1. The molecule has 19 heavy (non-hydrogen) atoms. The normalized spacial score (nSPS) is 14.5. The molecule has 2 atom stereocenters. The summed E-state index contributed by atoms with van der Waals surface area (Å²) in [5.41, 5.74) is -0.975. The van der Waals surface area contributed by atoms with Crippen molar-refractivity contribution in [1.29, 1.82) is 5.26 Å². The summed E-state index contributed by atoms with van der Waals surface area (Å²) in [7, 11) is -1.00. The van der Waals surface area contributed by atoms with Crippen molar-refractivity contribution in [3.8, 4) is 6.07 Å². The van der Waals surface area contributed by atoms with Gasteiger partial charge in [0.1, 0.15) is 0 Å². The molecule has 3 nitrogen and oxygen atoms in total. The number of hydrogen-bond donors (Lipinski definition) is 1. The lowest BCUT2D eigenvalue weighted by atomic mass is 10.1. The van der Waals surface area contributed by atoms with Crippen LogP contribution in [0.15, 0.2) is 18.2 Å². The number of halogens is 3. The van der Waals surface area contributed by atoms with Gasteiger partial charge in [-0.05, 0) is 25.1 Å². The smallest absolute Gasteiger partial charge is 0.382 e. The summed E-state index contributed by atoms with van der Waals surface area (Å²) in [5, 5.41) is 11.7. The maximum Gasteiger partial charge on any atom is 0.417 e. The quantitative estimate of drug-likeness (QED) is 0.927. The van der Waals surface area contributed by atoms with Gasteiger partial charge < -0.3 is 5.32 Å². The Balaban J connectivity index is 2.96. The lowest BCUT2D eigenvalue weighted by molar-refractivity contribution is -0.137. The summed E-state index contributed by atoms with van der Waals surface area (Å²) in [5.74, 6) is 0.378. The fraction of sp³-hybridized carbons (Fsp3) is 0.417. The average Bonchev–Trinajstić information content (AvgIpc) is 2.25. The number of nitrogens with one attached hydrogen (secondary N) is 1. The van der Waals surface area contributed by atoms with Crippen LogP contribution in [-0.4, -0.2) is 22.3 Å². The molecule has 1 rings (SSSR count). The first-order chi connectivity index (χ1) is 8.74. The Morgan fingerprint density at radius 3 is 2.58 bits per heavy atom. The molecule has 0 unspecified atom stereocenters. The molecular formula is C12H13F3N2OS. The van der Waals surface area contributed by atoms with Crippen LogP contribution in [0.1, 0.15) is 18.1 Å². The molecule has 0 saturated heterocycles. The van der Waals surface area contributed by atoms with Gasteiger partial charge in [-0.2, -0.15) is 18.4 Å². The molecule has 7 heteroatoms. The van der Waals surface area contributed by atoms with Gasteiger partial charge >= 0.3 is 6.18 Å². The van der Waals surface area contributed by atoms with E-state index in [1.807, 2.05) is 0 Å². The number of rotatable bonds is 4. The molecule has 1 aromatic carbocycles. The van der Waals surface area contributed by atoms with Crippen molar-refractivity contribution >= 4 is 16.5 Å². The Labute approximate surface area is 111 Å². The molecule has 0 amide bonds. The van der Waals surface area contributed by atoms with Crippen LogP contribution in [0.3, 0.4) is 0 Å². The van der Waals surface area contributed by atoms with E-state index in [-0.39, 0.29) is 6.04 Å². The highest BCUT2D eigenvalue weighted by Crippen LogP contribution is 2.33. The molecule has 0 radical (unpaired) electrons. The van der Waals surface area contributed by atoms with E-state index in [0.29, 0.717) is 11.4 Å². The zero-order chi connectivity index (χ0) is 14.6. The van der Waals surface area contributed by atoms with Crippen LogP contribution in [0, 0.1) is 11.3 Å². The van der Waals surface area contributed by atoms with Crippen LogP contribution in [0.25, 0.3) is 0 Å². The maximum atomic E-state index is 12.6. The van der Waals surface area contributed by atoms with E-state index in [1.54, 1.807) is 13.2 Å². The molecule has 0 bridgehead atoms. The minimum Gasteiger partial charge on any atom is -0.382 e.